The van der Waals surface area contributed by atoms with E-state index in [1.807, 2.05) is 6.07 Å². The maximum Gasteiger partial charge on any atom is 0.0206 e. The summed E-state index contributed by atoms with van der Waals surface area (Å²) < 4.78 is 0. The smallest absolute Gasteiger partial charge is 0.0206 e. The molecule has 17 heavy (non-hydrogen) atoms. The van der Waals surface area contributed by atoms with Crippen LogP contribution >= 0.6 is 0 Å². The van der Waals surface area contributed by atoms with Gasteiger partial charge in [0.25, 0.3) is 0 Å². The molecule has 1 fully saturated rings. The van der Waals surface area contributed by atoms with Crippen LogP contribution in [0, 0.1) is 5.92 Å². The Morgan fingerprint density at radius 3 is 2.65 bits per heavy atom. The number of hydrogen-bond donors (Lipinski definition) is 2. The first-order valence-electron chi connectivity index (χ1n) is 6.85. The number of benzene rings is 1. The molecule has 2 heteroatoms. The summed E-state index contributed by atoms with van der Waals surface area (Å²) in [4.78, 5) is 0. The predicted octanol–water partition coefficient (Wildman–Crippen LogP) is 2.34. The van der Waals surface area contributed by atoms with Crippen LogP contribution in [0.3, 0.4) is 0 Å². The SMILES string of the molecule is N[C@@H](CNCCC1CCC1)Cc1ccccc1. The molecule has 0 aliphatic heterocycles. The summed E-state index contributed by atoms with van der Waals surface area (Å²) in [5.74, 6) is 0.993. The van der Waals surface area contributed by atoms with Gasteiger partial charge >= 0.3 is 0 Å². The molecule has 94 valence electrons. The molecule has 1 aliphatic rings. The van der Waals surface area contributed by atoms with Gasteiger partial charge in [-0.1, -0.05) is 49.6 Å². The number of hydrogen-bond acceptors (Lipinski definition) is 2. The maximum absolute atomic E-state index is 6.11. The summed E-state index contributed by atoms with van der Waals surface area (Å²) in [7, 11) is 0. The molecule has 1 aromatic carbocycles. The highest BCUT2D eigenvalue weighted by Crippen LogP contribution is 2.28. The average molecular weight is 232 g/mol. The van der Waals surface area contributed by atoms with E-state index < -0.39 is 0 Å². The van der Waals surface area contributed by atoms with E-state index in [-0.39, 0.29) is 6.04 Å². The second kappa shape index (κ2) is 6.77. The summed E-state index contributed by atoms with van der Waals surface area (Å²) in [6.45, 7) is 2.06. The quantitative estimate of drug-likeness (QED) is 0.708. The van der Waals surface area contributed by atoms with Crippen LogP contribution in [-0.2, 0) is 6.42 Å². The fourth-order valence-corrected chi connectivity index (χ4v) is 2.36. The molecule has 3 N–H and O–H groups in total. The van der Waals surface area contributed by atoms with Gasteiger partial charge in [0.15, 0.2) is 0 Å². The van der Waals surface area contributed by atoms with Gasteiger partial charge in [-0.3, -0.25) is 0 Å². The van der Waals surface area contributed by atoms with Crippen LogP contribution in [0.25, 0.3) is 0 Å². The Kier molecular flexibility index (Phi) is 5.02. The minimum Gasteiger partial charge on any atom is -0.326 e. The van der Waals surface area contributed by atoms with Crippen molar-refractivity contribution in [2.45, 2.75) is 38.1 Å². The normalized spacial score (nSPS) is 17.7. The monoisotopic (exact) mass is 232 g/mol. The van der Waals surface area contributed by atoms with Crippen LogP contribution in [-0.4, -0.2) is 19.1 Å². The van der Waals surface area contributed by atoms with Crippen molar-refractivity contribution >= 4 is 0 Å². The van der Waals surface area contributed by atoms with Gasteiger partial charge < -0.3 is 11.1 Å². The Hall–Kier alpha value is -0.860. The third-order valence-electron chi connectivity index (χ3n) is 3.70. The molecular weight excluding hydrogens is 208 g/mol. The zero-order valence-electron chi connectivity index (χ0n) is 10.6. The van der Waals surface area contributed by atoms with Crippen LogP contribution in [0.1, 0.15) is 31.2 Å². The van der Waals surface area contributed by atoms with E-state index in [9.17, 15) is 0 Å². The molecule has 0 spiro atoms. The van der Waals surface area contributed by atoms with Crippen molar-refractivity contribution in [3.63, 3.8) is 0 Å². The van der Waals surface area contributed by atoms with E-state index in [1.54, 1.807) is 0 Å². The predicted molar refractivity (Wildman–Crippen MR) is 72.9 cm³/mol. The summed E-state index contributed by atoms with van der Waals surface area (Å²) in [5.41, 5.74) is 7.44. The second-order valence-electron chi connectivity index (χ2n) is 5.24. The third-order valence-corrected chi connectivity index (χ3v) is 3.70. The maximum atomic E-state index is 6.11. The van der Waals surface area contributed by atoms with Gasteiger partial charge in [-0.2, -0.15) is 0 Å². The highest BCUT2D eigenvalue weighted by molar-refractivity contribution is 5.15. The van der Waals surface area contributed by atoms with Gasteiger partial charge in [-0.15, -0.1) is 0 Å². The van der Waals surface area contributed by atoms with Crippen LogP contribution in [0.5, 0.6) is 0 Å². The lowest BCUT2D eigenvalue weighted by atomic mass is 9.83. The van der Waals surface area contributed by atoms with E-state index in [0.717, 1.165) is 25.4 Å². The average Bonchev–Trinajstić information content (AvgIpc) is 2.27. The van der Waals surface area contributed by atoms with Crippen LogP contribution in [0.4, 0.5) is 0 Å². The first kappa shape index (κ1) is 12.6. The molecule has 1 saturated carbocycles. The summed E-state index contributed by atoms with van der Waals surface area (Å²) >= 11 is 0. The molecule has 2 nitrogen and oxygen atoms in total. The van der Waals surface area contributed by atoms with E-state index >= 15 is 0 Å². The van der Waals surface area contributed by atoms with Gasteiger partial charge in [0.05, 0.1) is 0 Å². The molecule has 0 aromatic heterocycles. The van der Waals surface area contributed by atoms with Gasteiger partial charge in [0.1, 0.15) is 0 Å². The Labute approximate surface area is 105 Å². The molecule has 0 radical (unpaired) electrons. The van der Waals surface area contributed by atoms with Gasteiger partial charge in [0, 0.05) is 12.6 Å². The molecular formula is C15H24N2. The van der Waals surface area contributed by atoms with Crippen molar-refractivity contribution in [2.75, 3.05) is 13.1 Å². The Bertz CT molecular complexity index is 306. The summed E-state index contributed by atoms with van der Waals surface area (Å²) in [5, 5.41) is 3.48. The number of nitrogens with two attached hydrogens (primary N) is 1. The number of rotatable bonds is 7. The zero-order chi connectivity index (χ0) is 11.9. The van der Waals surface area contributed by atoms with Crippen molar-refractivity contribution in [1.29, 1.82) is 0 Å². The van der Waals surface area contributed by atoms with Gasteiger partial charge in [-0.25, -0.2) is 0 Å². The Morgan fingerprint density at radius 2 is 2.00 bits per heavy atom. The Morgan fingerprint density at radius 1 is 1.24 bits per heavy atom. The largest absolute Gasteiger partial charge is 0.326 e. The van der Waals surface area contributed by atoms with Crippen LogP contribution in [0.15, 0.2) is 30.3 Å². The van der Waals surface area contributed by atoms with Crippen molar-refractivity contribution in [2.24, 2.45) is 11.7 Å². The van der Waals surface area contributed by atoms with Crippen LogP contribution in [0.2, 0.25) is 0 Å². The van der Waals surface area contributed by atoms with Gasteiger partial charge in [0.2, 0.25) is 0 Å². The van der Waals surface area contributed by atoms with E-state index in [0.29, 0.717) is 0 Å². The van der Waals surface area contributed by atoms with E-state index in [2.05, 4.69) is 29.6 Å². The molecule has 0 saturated heterocycles. The Balaban J connectivity index is 1.55. The lowest BCUT2D eigenvalue weighted by Crippen LogP contribution is -2.36. The summed E-state index contributed by atoms with van der Waals surface area (Å²) in [6, 6.07) is 10.7. The molecule has 2 rings (SSSR count). The lowest BCUT2D eigenvalue weighted by molar-refractivity contribution is 0.291. The lowest BCUT2D eigenvalue weighted by Gasteiger charge is -2.25. The standard InChI is InChI=1S/C15H24N2/c16-15(11-14-5-2-1-3-6-14)12-17-10-9-13-7-4-8-13/h1-3,5-6,13,15,17H,4,7-12,16H2/t15-/m1/s1. The van der Waals surface area contributed by atoms with Crippen molar-refractivity contribution < 1.29 is 0 Å². The van der Waals surface area contributed by atoms with Crippen molar-refractivity contribution in [3.8, 4) is 0 Å². The van der Waals surface area contributed by atoms with Crippen molar-refractivity contribution in [3.05, 3.63) is 35.9 Å². The fraction of sp³-hybridized carbons (Fsp3) is 0.600. The highest BCUT2D eigenvalue weighted by Gasteiger charge is 2.16. The first-order valence-corrected chi connectivity index (χ1v) is 6.85. The molecule has 0 bridgehead atoms. The molecule has 0 unspecified atom stereocenters. The van der Waals surface area contributed by atoms with Gasteiger partial charge in [-0.05, 0) is 30.9 Å². The molecule has 0 heterocycles. The first-order chi connectivity index (χ1) is 8.34. The highest BCUT2D eigenvalue weighted by atomic mass is 14.9. The zero-order valence-corrected chi connectivity index (χ0v) is 10.6. The van der Waals surface area contributed by atoms with Crippen molar-refractivity contribution in [1.82, 2.24) is 5.32 Å². The minimum atomic E-state index is 0.235. The second-order valence-corrected chi connectivity index (χ2v) is 5.24. The van der Waals surface area contributed by atoms with E-state index in [1.165, 1.54) is 31.2 Å². The number of nitrogens with one attached hydrogen (secondary N) is 1. The van der Waals surface area contributed by atoms with Crippen LogP contribution < -0.4 is 11.1 Å². The third kappa shape index (κ3) is 4.49. The fourth-order valence-electron chi connectivity index (χ4n) is 2.36. The topological polar surface area (TPSA) is 38.0 Å². The minimum absolute atomic E-state index is 0.235. The molecule has 1 atom stereocenters. The summed E-state index contributed by atoms with van der Waals surface area (Å²) in [6.07, 6.45) is 6.63. The molecule has 1 aliphatic carbocycles. The molecule has 1 aromatic rings. The van der Waals surface area contributed by atoms with E-state index in [4.69, 9.17) is 5.73 Å². The molecule has 0 amide bonds.